The SMILES string of the molecule is COc1cc2c(c(F)c1OCCCOc1c(OC)cc3sc(C(=O)CCC(=O)O[C@@H](C)CNC(=O)CCOCCOCCNC(=O)[C@H](CCC(=O)NC[C@H](O)[C@@H](O)[C@H](O)[C@H](O)CO)NC(=O)CN4C(=O)C=CC4=O)cc3c1F)CN(C(=O)CCC(=O)O)C2. The summed E-state index contributed by atoms with van der Waals surface area (Å²) < 4.78 is 70.4. The highest BCUT2D eigenvalue weighted by atomic mass is 32.1. The lowest BCUT2D eigenvalue weighted by Gasteiger charge is -2.25. The number of aliphatic carboxylic acids is 1. The first-order valence-electron chi connectivity index (χ1n) is 27.7. The number of imide groups is 1. The number of aliphatic hydroxyl groups excluding tert-OH is 5. The zero-order valence-electron chi connectivity index (χ0n) is 48.4. The van der Waals surface area contributed by atoms with E-state index in [9.17, 15) is 68.4 Å². The number of halogens is 2. The minimum absolute atomic E-state index is 0.0143. The van der Waals surface area contributed by atoms with E-state index in [0.717, 1.165) is 23.5 Å². The third-order valence-electron chi connectivity index (χ3n) is 13.4. The van der Waals surface area contributed by atoms with Gasteiger partial charge in [-0.25, -0.2) is 8.78 Å². The molecule has 88 heavy (non-hydrogen) atoms. The Morgan fingerprint density at radius 3 is 1.98 bits per heavy atom. The van der Waals surface area contributed by atoms with Gasteiger partial charge < -0.3 is 90.0 Å². The van der Waals surface area contributed by atoms with Gasteiger partial charge in [-0.3, -0.25) is 52.8 Å². The van der Waals surface area contributed by atoms with Crippen molar-refractivity contribution in [3.05, 3.63) is 58.0 Å². The van der Waals surface area contributed by atoms with E-state index < -0.39 is 133 Å². The van der Waals surface area contributed by atoms with Crippen LogP contribution in [0.3, 0.4) is 0 Å². The Kier molecular flexibility index (Phi) is 28.3. The largest absolute Gasteiger partial charge is 0.493 e. The highest BCUT2D eigenvalue weighted by molar-refractivity contribution is 7.20. The minimum Gasteiger partial charge on any atom is -0.493 e. The van der Waals surface area contributed by atoms with Crippen LogP contribution in [0.1, 0.15) is 79.1 Å². The second kappa shape index (κ2) is 35.1. The van der Waals surface area contributed by atoms with Crippen molar-refractivity contribution in [3.8, 4) is 23.0 Å². The Labute approximate surface area is 506 Å². The van der Waals surface area contributed by atoms with Crippen molar-refractivity contribution >= 4 is 80.5 Å². The summed E-state index contributed by atoms with van der Waals surface area (Å²) in [5.74, 6) is -8.94. The van der Waals surface area contributed by atoms with Crippen molar-refractivity contribution in [1.82, 2.24) is 31.1 Å². The highest BCUT2D eigenvalue weighted by Crippen LogP contribution is 2.41. The van der Waals surface area contributed by atoms with E-state index in [4.69, 9.17) is 43.4 Å². The molecule has 0 bridgehead atoms. The first kappa shape index (κ1) is 70.8. The van der Waals surface area contributed by atoms with E-state index in [1.807, 2.05) is 0 Å². The summed E-state index contributed by atoms with van der Waals surface area (Å²) in [6.45, 7) is -1.00. The minimum atomic E-state index is -1.94. The van der Waals surface area contributed by atoms with Crippen LogP contribution in [0.15, 0.2) is 30.4 Å². The maximum atomic E-state index is 15.9. The van der Waals surface area contributed by atoms with E-state index in [-0.39, 0.29) is 150 Å². The molecule has 0 radical (unpaired) electrons. The third-order valence-corrected chi connectivity index (χ3v) is 14.5. The van der Waals surface area contributed by atoms with E-state index in [2.05, 4.69) is 21.3 Å². The quantitative estimate of drug-likeness (QED) is 0.0142. The van der Waals surface area contributed by atoms with E-state index in [1.165, 1.54) is 38.2 Å². The molecule has 32 heteroatoms. The van der Waals surface area contributed by atoms with Crippen molar-refractivity contribution in [2.45, 2.75) is 108 Å². The van der Waals surface area contributed by atoms with Crippen molar-refractivity contribution in [2.75, 3.05) is 86.6 Å². The molecule has 2 aliphatic heterocycles. The van der Waals surface area contributed by atoms with Crippen molar-refractivity contribution < 1.29 is 121 Å². The van der Waals surface area contributed by atoms with E-state index in [1.54, 1.807) is 6.07 Å². The number of fused-ring (bicyclic) bond motifs is 2. The maximum Gasteiger partial charge on any atom is 0.306 e. The Bertz CT molecular complexity index is 3000. The Morgan fingerprint density at radius 2 is 1.32 bits per heavy atom. The first-order valence-corrected chi connectivity index (χ1v) is 28.6. The number of nitrogens with one attached hydrogen (secondary N) is 4. The van der Waals surface area contributed by atoms with Crippen LogP contribution in [0.5, 0.6) is 23.0 Å². The van der Waals surface area contributed by atoms with Gasteiger partial charge in [-0.05, 0) is 31.0 Å². The molecule has 0 aliphatic carbocycles. The molecule has 7 amide bonds. The van der Waals surface area contributed by atoms with Gasteiger partial charge in [-0.1, -0.05) is 0 Å². The maximum absolute atomic E-state index is 15.9. The van der Waals surface area contributed by atoms with Gasteiger partial charge in [-0.15, -0.1) is 11.3 Å². The monoisotopic (exact) mass is 1270 g/mol. The highest BCUT2D eigenvalue weighted by Gasteiger charge is 2.33. The second-order valence-corrected chi connectivity index (χ2v) is 21.0. The fraction of sp³-hybridized carbons (Fsp3) is 0.536. The van der Waals surface area contributed by atoms with Gasteiger partial charge in [0.05, 0.1) is 90.8 Å². The van der Waals surface area contributed by atoms with Crippen LogP contribution in [0.2, 0.25) is 0 Å². The van der Waals surface area contributed by atoms with Gasteiger partial charge in [0.25, 0.3) is 11.8 Å². The molecule has 484 valence electrons. The van der Waals surface area contributed by atoms with Gasteiger partial charge in [0.15, 0.2) is 40.4 Å². The number of nitrogens with zero attached hydrogens (tertiary/aromatic N) is 2. The molecule has 0 spiro atoms. The molecule has 6 atom stereocenters. The smallest absolute Gasteiger partial charge is 0.306 e. The lowest BCUT2D eigenvalue weighted by Crippen LogP contribution is -2.51. The molecule has 0 saturated carbocycles. The molecule has 29 nitrogen and oxygen atoms in total. The normalized spacial score (nSPS) is 14.8. The summed E-state index contributed by atoms with van der Waals surface area (Å²) in [6.07, 6.45) is -8.09. The molecule has 0 saturated heterocycles. The number of ether oxygens (including phenoxy) is 7. The molecule has 0 fully saturated rings. The number of Topliss-reactive ketones (excluding diaryl/α,β-unsaturated/α-hetero) is 1. The zero-order chi connectivity index (χ0) is 64.6. The average molecular weight is 1270 g/mol. The molecule has 5 rings (SSSR count). The van der Waals surface area contributed by atoms with Gasteiger partial charge in [0.2, 0.25) is 29.5 Å². The lowest BCUT2D eigenvalue weighted by molar-refractivity contribution is -0.148. The van der Waals surface area contributed by atoms with Crippen molar-refractivity contribution in [1.29, 1.82) is 0 Å². The molecular weight excluding hydrogens is 1190 g/mol. The van der Waals surface area contributed by atoms with E-state index in [0.29, 0.717) is 15.2 Å². The van der Waals surface area contributed by atoms with E-state index >= 15 is 8.78 Å². The van der Waals surface area contributed by atoms with Crippen LogP contribution in [-0.4, -0.2) is 223 Å². The fourth-order valence-electron chi connectivity index (χ4n) is 8.60. The number of methoxy groups -OCH3 is 2. The number of thiophene rings is 1. The number of benzene rings is 2. The molecule has 10 N–H and O–H groups in total. The summed E-state index contributed by atoms with van der Waals surface area (Å²) in [6, 6.07) is 3.02. The molecule has 0 unspecified atom stereocenters. The summed E-state index contributed by atoms with van der Waals surface area (Å²) in [5.41, 5.74) is 0.711. The van der Waals surface area contributed by atoms with Gasteiger partial charge in [-0.2, -0.15) is 0 Å². The zero-order valence-corrected chi connectivity index (χ0v) is 49.2. The molecule has 2 aliphatic rings. The number of esters is 1. The molecule has 2 aromatic carbocycles. The van der Waals surface area contributed by atoms with Crippen LogP contribution in [0, 0.1) is 11.6 Å². The topological polar surface area (TPSA) is 411 Å². The van der Waals surface area contributed by atoms with Crippen LogP contribution < -0.4 is 40.2 Å². The first-order chi connectivity index (χ1) is 42.0. The number of carboxylic acid groups (broad SMARTS) is 1. The molecule has 3 heterocycles. The number of carboxylic acids is 1. The summed E-state index contributed by atoms with van der Waals surface area (Å²) in [5, 5.41) is 67.0. The molecule has 1 aromatic heterocycles. The number of hydrogen-bond acceptors (Lipinski definition) is 23. The van der Waals surface area contributed by atoms with Crippen LogP contribution >= 0.6 is 11.3 Å². The number of hydrogen-bond donors (Lipinski definition) is 10. The van der Waals surface area contributed by atoms with Gasteiger partial charge in [0, 0.05) is 92.2 Å². The Morgan fingerprint density at radius 1 is 0.693 bits per heavy atom. The molecular formula is C56H72F2N6O23S. The second-order valence-electron chi connectivity index (χ2n) is 19.9. The van der Waals surface area contributed by atoms with Crippen LogP contribution in [0.4, 0.5) is 8.78 Å². The number of rotatable bonds is 40. The number of aliphatic hydroxyl groups is 5. The van der Waals surface area contributed by atoms with Crippen molar-refractivity contribution in [2.24, 2.45) is 0 Å². The summed E-state index contributed by atoms with van der Waals surface area (Å²) >= 11 is 0.982. The van der Waals surface area contributed by atoms with Gasteiger partial charge >= 0.3 is 11.9 Å². The van der Waals surface area contributed by atoms with Gasteiger partial charge in [0.1, 0.15) is 37.0 Å². The molecule has 3 aromatic rings. The number of carbonyl (C=O) groups excluding carboxylic acids is 9. The predicted molar refractivity (Wildman–Crippen MR) is 301 cm³/mol. The van der Waals surface area contributed by atoms with Crippen molar-refractivity contribution in [3.63, 3.8) is 0 Å². The average Bonchev–Trinajstić information content (AvgIpc) is 1.71. The third kappa shape index (κ3) is 21.1. The standard InChI is InChI=1S/C56H72F2N6O23S/c1-30(24-60-43(70)13-17-83-19-20-84-18-14-59-56(80)34(62-44(71)28-64-46(73)8-9-47(64)74)5-7-42(69)61-25-36(67)52(78)53(79)37(68)29-65)87-49(77)12-6-35(66)41-22-32-40(88-41)23-39(82-3)55(50(32)57)86-16-4-15-85-54-38(81-2)21-31-26-63(27-33(31)51(54)58)45(72)10-11-48(75)76/h8-9,21-23,30,34,36-37,52-53,65,67-68,78-79H,4-7,10-20,24-29H2,1-3H3,(H,59,80)(H,60,70)(H,61,69)(H,62,71)(H,75,76)/t30-,34-,36-,37+,52+,53+/m0/s1. The summed E-state index contributed by atoms with van der Waals surface area (Å²) in [7, 11) is 2.64. The summed E-state index contributed by atoms with van der Waals surface area (Å²) in [4.78, 5) is 126. The van der Waals surface area contributed by atoms with Crippen LogP contribution in [-0.2, 0) is 70.5 Å². The Balaban J connectivity index is 0.953. The lowest BCUT2D eigenvalue weighted by atomic mass is 10.0. The Hall–Kier alpha value is -7.98. The number of ketones is 1. The predicted octanol–water partition coefficient (Wildman–Crippen LogP) is -0.956. The fourth-order valence-corrected chi connectivity index (χ4v) is 9.65. The number of carbonyl (C=O) groups is 10. The number of amides is 7. The van der Waals surface area contributed by atoms with Crippen LogP contribution in [0.25, 0.3) is 10.1 Å².